The number of anilines is 1. The fourth-order valence-corrected chi connectivity index (χ4v) is 2.70. The van der Waals surface area contributed by atoms with Crippen LogP contribution in [0.25, 0.3) is 0 Å². The summed E-state index contributed by atoms with van der Waals surface area (Å²) in [6.07, 6.45) is 1.72. The topological polar surface area (TPSA) is 33.1 Å². The molecule has 0 spiro atoms. The van der Waals surface area contributed by atoms with Gasteiger partial charge in [-0.3, -0.25) is 4.68 Å². The van der Waals surface area contributed by atoms with Gasteiger partial charge in [-0.1, -0.05) is 30.7 Å². The molecular weight excluding hydrogens is 284 g/mol. The summed E-state index contributed by atoms with van der Waals surface area (Å²) in [5, 5.41) is 8.56. The van der Waals surface area contributed by atoms with Gasteiger partial charge in [-0.25, -0.2) is 0 Å². The smallest absolute Gasteiger partial charge is 0.0837 e. The maximum absolute atomic E-state index is 6.35. The first-order chi connectivity index (χ1) is 10.1. The highest BCUT2D eigenvalue weighted by atomic mass is 35.5. The summed E-state index contributed by atoms with van der Waals surface area (Å²) in [5.74, 6) is 0. The van der Waals surface area contributed by atoms with Crippen LogP contribution in [0.1, 0.15) is 31.1 Å². The second-order valence-corrected chi connectivity index (χ2v) is 5.58. The number of aryl methyl sites for hydroxylation is 1. The van der Waals surface area contributed by atoms with E-state index in [-0.39, 0.29) is 6.04 Å². The molecule has 0 aliphatic carbocycles. The number of rotatable bonds is 6. The molecule has 0 saturated carbocycles. The van der Waals surface area contributed by atoms with Crippen molar-refractivity contribution in [2.45, 2.75) is 26.4 Å². The Kier molecular flexibility index (Phi) is 5.26. The van der Waals surface area contributed by atoms with Crippen LogP contribution >= 0.6 is 11.6 Å². The highest BCUT2D eigenvalue weighted by molar-refractivity contribution is 6.31. The minimum absolute atomic E-state index is 0.0566. The molecule has 0 aliphatic heterocycles. The van der Waals surface area contributed by atoms with E-state index in [2.05, 4.69) is 53.4 Å². The van der Waals surface area contributed by atoms with Gasteiger partial charge in [-0.15, -0.1) is 0 Å². The third-order valence-corrected chi connectivity index (χ3v) is 3.85. The fourth-order valence-electron chi connectivity index (χ4n) is 2.45. The van der Waals surface area contributed by atoms with E-state index >= 15 is 0 Å². The number of hydrogen-bond acceptors (Lipinski definition) is 3. The monoisotopic (exact) mass is 306 g/mol. The molecule has 5 heteroatoms. The van der Waals surface area contributed by atoms with Crippen LogP contribution in [-0.4, -0.2) is 30.4 Å². The minimum atomic E-state index is 0.0566. The van der Waals surface area contributed by atoms with Crippen molar-refractivity contribution in [2.24, 2.45) is 0 Å². The van der Waals surface area contributed by atoms with Crippen molar-refractivity contribution in [2.75, 3.05) is 25.5 Å². The van der Waals surface area contributed by atoms with Crippen molar-refractivity contribution in [1.29, 1.82) is 0 Å². The van der Waals surface area contributed by atoms with E-state index in [1.54, 1.807) is 6.20 Å². The second-order valence-electron chi connectivity index (χ2n) is 5.17. The molecule has 0 bridgehead atoms. The summed E-state index contributed by atoms with van der Waals surface area (Å²) in [5.41, 5.74) is 3.40. The molecule has 21 heavy (non-hydrogen) atoms. The molecule has 1 unspecified atom stereocenters. The van der Waals surface area contributed by atoms with Gasteiger partial charge in [-0.2, -0.15) is 5.10 Å². The summed E-state index contributed by atoms with van der Waals surface area (Å²) in [6, 6.07) is 8.60. The van der Waals surface area contributed by atoms with Gasteiger partial charge in [0.25, 0.3) is 0 Å². The Hall–Kier alpha value is -1.52. The Bertz CT molecular complexity index is 574. The first-order valence-electron chi connectivity index (χ1n) is 7.30. The first-order valence-corrected chi connectivity index (χ1v) is 7.68. The highest BCUT2D eigenvalue weighted by Crippen LogP contribution is 2.29. The molecule has 0 amide bonds. The van der Waals surface area contributed by atoms with Crippen LogP contribution in [0.2, 0.25) is 5.02 Å². The van der Waals surface area contributed by atoms with Crippen molar-refractivity contribution in [3.8, 4) is 0 Å². The van der Waals surface area contributed by atoms with Gasteiger partial charge in [0, 0.05) is 26.3 Å². The lowest BCUT2D eigenvalue weighted by molar-refractivity contribution is 0.542. The van der Waals surface area contributed by atoms with Crippen LogP contribution in [0.3, 0.4) is 0 Å². The minimum Gasteiger partial charge on any atom is -0.378 e. The molecule has 1 heterocycles. The number of aromatic nitrogens is 2. The van der Waals surface area contributed by atoms with Gasteiger partial charge in [-0.05, 0) is 31.2 Å². The lowest BCUT2D eigenvalue weighted by Crippen LogP contribution is -2.25. The predicted octanol–water partition coefficient (Wildman–Crippen LogP) is 3.32. The number of benzene rings is 1. The van der Waals surface area contributed by atoms with Crippen LogP contribution < -0.4 is 10.2 Å². The predicted molar refractivity (Wildman–Crippen MR) is 89.2 cm³/mol. The van der Waals surface area contributed by atoms with E-state index in [0.717, 1.165) is 18.8 Å². The van der Waals surface area contributed by atoms with Crippen molar-refractivity contribution in [3.05, 3.63) is 46.7 Å². The molecule has 0 radical (unpaired) electrons. The zero-order valence-corrected chi connectivity index (χ0v) is 13.9. The Morgan fingerprint density at radius 2 is 1.90 bits per heavy atom. The molecule has 0 saturated heterocycles. The number of nitrogens with one attached hydrogen (secondary N) is 1. The van der Waals surface area contributed by atoms with Gasteiger partial charge < -0.3 is 10.2 Å². The summed E-state index contributed by atoms with van der Waals surface area (Å²) < 4.78 is 1.95. The molecule has 2 rings (SSSR count). The lowest BCUT2D eigenvalue weighted by Gasteiger charge is -2.21. The van der Waals surface area contributed by atoms with E-state index in [4.69, 9.17) is 11.6 Å². The molecule has 4 nitrogen and oxygen atoms in total. The number of hydrogen-bond donors (Lipinski definition) is 1. The first kappa shape index (κ1) is 15.9. The number of nitrogens with zero attached hydrogens (tertiary/aromatic N) is 3. The molecule has 0 fully saturated rings. The Morgan fingerprint density at radius 1 is 1.24 bits per heavy atom. The number of halogens is 1. The van der Waals surface area contributed by atoms with Crippen LogP contribution in [0.5, 0.6) is 0 Å². The third kappa shape index (κ3) is 3.39. The molecule has 1 N–H and O–H groups in total. The van der Waals surface area contributed by atoms with Crippen LogP contribution in [0, 0.1) is 0 Å². The lowest BCUT2D eigenvalue weighted by atomic mass is 10.0. The quantitative estimate of drug-likeness (QED) is 0.889. The van der Waals surface area contributed by atoms with Crippen molar-refractivity contribution >= 4 is 17.3 Å². The molecule has 1 atom stereocenters. The van der Waals surface area contributed by atoms with E-state index in [1.165, 1.54) is 11.3 Å². The maximum atomic E-state index is 6.35. The standard InChI is InChI=1S/C16H23ClN4/c1-5-18-15(16-14(17)11-19-21(16)6-2)12-7-9-13(10-8-12)20(3)4/h7-11,15,18H,5-6H2,1-4H3. The Labute approximate surface area is 131 Å². The maximum Gasteiger partial charge on any atom is 0.0837 e. The van der Waals surface area contributed by atoms with E-state index < -0.39 is 0 Å². The average Bonchev–Trinajstić information content (AvgIpc) is 2.86. The summed E-state index contributed by atoms with van der Waals surface area (Å²) >= 11 is 6.35. The van der Waals surface area contributed by atoms with Crippen molar-refractivity contribution in [1.82, 2.24) is 15.1 Å². The zero-order chi connectivity index (χ0) is 15.4. The van der Waals surface area contributed by atoms with Gasteiger partial charge in [0.2, 0.25) is 0 Å². The summed E-state index contributed by atoms with van der Waals surface area (Å²) in [7, 11) is 4.08. The molecule has 2 aromatic rings. The zero-order valence-electron chi connectivity index (χ0n) is 13.1. The third-order valence-electron chi connectivity index (χ3n) is 3.56. The molecule has 1 aromatic heterocycles. The van der Waals surface area contributed by atoms with Crippen LogP contribution in [0.15, 0.2) is 30.5 Å². The second kappa shape index (κ2) is 6.96. The van der Waals surface area contributed by atoms with E-state index in [0.29, 0.717) is 5.02 Å². The average molecular weight is 307 g/mol. The van der Waals surface area contributed by atoms with Crippen molar-refractivity contribution < 1.29 is 0 Å². The molecule has 0 aliphatic rings. The van der Waals surface area contributed by atoms with E-state index in [9.17, 15) is 0 Å². The SMILES string of the molecule is CCNC(c1ccc(N(C)C)cc1)c1c(Cl)cnn1CC. The highest BCUT2D eigenvalue weighted by Gasteiger charge is 2.21. The van der Waals surface area contributed by atoms with Gasteiger partial charge >= 0.3 is 0 Å². The summed E-state index contributed by atoms with van der Waals surface area (Å²) in [4.78, 5) is 2.09. The molecule has 114 valence electrons. The van der Waals surface area contributed by atoms with Crippen molar-refractivity contribution in [3.63, 3.8) is 0 Å². The largest absolute Gasteiger partial charge is 0.378 e. The summed E-state index contributed by atoms with van der Waals surface area (Å²) in [6.45, 7) is 5.85. The molecular formula is C16H23ClN4. The van der Waals surface area contributed by atoms with Gasteiger partial charge in [0.15, 0.2) is 0 Å². The van der Waals surface area contributed by atoms with E-state index in [1.807, 2.05) is 18.8 Å². The van der Waals surface area contributed by atoms with Gasteiger partial charge in [0.05, 0.1) is 23.0 Å². The Balaban J connectivity index is 2.40. The normalized spacial score (nSPS) is 12.4. The van der Waals surface area contributed by atoms with Gasteiger partial charge in [0.1, 0.15) is 0 Å². The fraction of sp³-hybridized carbons (Fsp3) is 0.438. The van der Waals surface area contributed by atoms with Crippen LogP contribution in [0.4, 0.5) is 5.69 Å². The Morgan fingerprint density at radius 3 is 2.43 bits per heavy atom. The van der Waals surface area contributed by atoms with Crippen LogP contribution in [-0.2, 0) is 6.54 Å². The molecule has 1 aromatic carbocycles.